The van der Waals surface area contributed by atoms with Gasteiger partial charge in [-0.1, -0.05) is 11.3 Å². The van der Waals surface area contributed by atoms with Crippen LogP contribution in [0.5, 0.6) is 0 Å². The summed E-state index contributed by atoms with van der Waals surface area (Å²) in [5.41, 5.74) is 0. The van der Waals surface area contributed by atoms with Crippen molar-refractivity contribution in [3.8, 4) is 0 Å². The third-order valence-corrected chi connectivity index (χ3v) is 3.93. The summed E-state index contributed by atoms with van der Waals surface area (Å²) in [6.07, 6.45) is 2.51. The van der Waals surface area contributed by atoms with E-state index in [-0.39, 0.29) is 5.91 Å². The van der Waals surface area contributed by atoms with E-state index < -0.39 is 0 Å². The first-order valence-electron chi connectivity index (χ1n) is 5.68. The zero-order valence-corrected chi connectivity index (χ0v) is 11.2. The van der Waals surface area contributed by atoms with Crippen LogP contribution < -0.4 is 5.32 Å². The van der Waals surface area contributed by atoms with Crippen LogP contribution in [-0.4, -0.2) is 46.7 Å². The molecule has 0 saturated carbocycles. The number of halogens is 1. The van der Waals surface area contributed by atoms with Crippen LogP contribution in [0.25, 0.3) is 0 Å². The Kier molecular flexibility index (Phi) is 4.31. The molecule has 17 heavy (non-hydrogen) atoms. The molecule has 7 heteroatoms. The first-order valence-corrected chi connectivity index (χ1v) is 6.87. The third-order valence-electron chi connectivity index (χ3n) is 2.92. The summed E-state index contributed by atoms with van der Waals surface area (Å²) in [6.45, 7) is 5.01. The molecule has 1 N–H and O–H groups in total. The Hall–Kier alpha value is -0.720. The van der Waals surface area contributed by atoms with E-state index in [0.717, 1.165) is 24.4 Å². The number of aromatic nitrogens is 2. The zero-order valence-electron chi connectivity index (χ0n) is 9.65. The minimum atomic E-state index is -0.194. The summed E-state index contributed by atoms with van der Waals surface area (Å²) in [6, 6.07) is 0.366. The maximum Gasteiger partial charge on any atom is 0.282 e. The van der Waals surface area contributed by atoms with Crippen molar-refractivity contribution in [2.45, 2.75) is 25.8 Å². The van der Waals surface area contributed by atoms with Gasteiger partial charge in [-0.3, -0.25) is 9.69 Å². The van der Waals surface area contributed by atoms with Gasteiger partial charge in [-0.15, -0.1) is 10.2 Å². The number of nitrogens with one attached hydrogen (secondary N) is 1. The van der Waals surface area contributed by atoms with E-state index in [2.05, 4.69) is 27.3 Å². The Balaban J connectivity index is 1.79. The lowest BCUT2D eigenvalue weighted by Gasteiger charge is -2.23. The van der Waals surface area contributed by atoms with Crippen molar-refractivity contribution in [1.29, 1.82) is 0 Å². The van der Waals surface area contributed by atoms with E-state index in [1.165, 1.54) is 12.8 Å². The number of amides is 1. The van der Waals surface area contributed by atoms with Crippen LogP contribution >= 0.6 is 22.9 Å². The lowest BCUT2D eigenvalue weighted by Crippen LogP contribution is -2.40. The largest absolute Gasteiger partial charge is 0.348 e. The molecule has 94 valence electrons. The van der Waals surface area contributed by atoms with Gasteiger partial charge in [0.2, 0.25) is 9.47 Å². The molecule has 1 aromatic heterocycles. The normalized spacial score (nSPS) is 18.2. The van der Waals surface area contributed by atoms with Crippen molar-refractivity contribution in [3.05, 3.63) is 9.47 Å². The van der Waals surface area contributed by atoms with Crippen molar-refractivity contribution in [1.82, 2.24) is 20.4 Å². The van der Waals surface area contributed by atoms with Crippen LogP contribution in [0.4, 0.5) is 0 Å². The van der Waals surface area contributed by atoms with Crippen LogP contribution in [-0.2, 0) is 0 Å². The van der Waals surface area contributed by atoms with Gasteiger partial charge in [0, 0.05) is 12.6 Å². The first kappa shape index (κ1) is 12.7. The quantitative estimate of drug-likeness (QED) is 0.902. The Morgan fingerprint density at radius 3 is 2.82 bits per heavy atom. The molecule has 1 aliphatic rings. The molecule has 1 aliphatic heterocycles. The van der Waals surface area contributed by atoms with Gasteiger partial charge in [0.05, 0.1) is 0 Å². The summed E-state index contributed by atoms with van der Waals surface area (Å²) in [4.78, 5) is 14.1. The smallest absolute Gasteiger partial charge is 0.282 e. The maximum absolute atomic E-state index is 11.7. The molecule has 2 heterocycles. The molecule has 0 aliphatic carbocycles. The summed E-state index contributed by atoms with van der Waals surface area (Å²) >= 11 is 6.72. The average Bonchev–Trinajstić information content (AvgIpc) is 2.95. The second-order valence-corrected chi connectivity index (χ2v) is 5.72. The molecule has 2 rings (SSSR count). The van der Waals surface area contributed by atoms with E-state index in [0.29, 0.717) is 22.1 Å². The topological polar surface area (TPSA) is 58.1 Å². The van der Waals surface area contributed by atoms with Crippen LogP contribution in [0.2, 0.25) is 4.47 Å². The maximum atomic E-state index is 11.7. The van der Waals surface area contributed by atoms with Crippen LogP contribution in [0.15, 0.2) is 0 Å². The SMILES string of the molecule is CC(CNC(=O)c1nnc(Cl)s1)N1CCCC1. The first-order chi connectivity index (χ1) is 8.16. The standard InChI is InChI=1S/C10H15ClN4OS/c1-7(15-4-2-3-5-15)6-12-8(16)9-13-14-10(11)17-9/h7H,2-6H2,1H3,(H,12,16). The molecular formula is C10H15ClN4OS. The van der Waals surface area contributed by atoms with Gasteiger partial charge in [-0.25, -0.2) is 0 Å². The highest BCUT2D eigenvalue weighted by Gasteiger charge is 2.19. The molecule has 0 aromatic carbocycles. The third kappa shape index (κ3) is 3.37. The highest BCUT2D eigenvalue weighted by atomic mass is 35.5. The van der Waals surface area contributed by atoms with Crippen LogP contribution in [0.3, 0.4) is 0 Å². The average molecular weight is 275 g/mol. The molecule has 1 amide bonds. The fourth-order valence-electron chi connectivity index (χ4n) is 1.92. The highest BCUT2D eigenvalue weighted by Crippen LogP contribution is 2.15. The van der Waals surface area contributed by atoms with E-state index in [1.807, 2.05) is 0 Å². The van der Waals surface area contributed by atoms with Gasteiger partial charge in [0.25, 0.3) is 5.91 Å². The molecule has 0 radical (unpaired) electrons. The van der Waals surface area contributed by atoms with Crippen LogP contribution in [0, 0.1) is 0 Å². The van der Waals surface area contributed by atoms with Crippen LogP contribution in [0.1, 0.15) is 29.6 Å². The van der Waals surface area contributed by atoms with Gasteiger partial charge in [-0.2, -0.15) is 0 Å². The predicted octanol–water partition coefficient (Wildman–Crippen LogP) is 1.41. The molecule has 1 aromatic rings. The predicted molar refractivity (Wildman–Crippen MR) is 67.5 cm³/mol. The molecule has 1 fully saturated rings. The Morgan fingerprint density at radius 1 is 1.53 bits per heavy atom. The number of rotatable bonds is 4. The van der Waals surface area contributed by atoms with Gasteiger partial charge in [0.15, 0.2) is 0 Å². The van der Waals surface area contributed by atoms with Gasteiger partial charge < -0.3 is 5.32 Å². The van der Waals surface area contributed by atoms with Crippen molar-refractivity contribution in [2.24, 2.45) is 0 Å². The number of nitrogens with zero attached hydrogens (tertiary/aromatic N) is 3. The fraction of sp³-hybridized carbons (Fsp3) is 0.700. The van der Waals surface area contributed by atoms with E-state index in [9.17, 15) is 4.79 Å². The van der Waals surface area contributed by atoms with E-state index in [4.69, 9.17) is 11.6 Å². The van der Waals surface area contributed by atoms with Crippen molar-refractivity contribution in [2.75, 3.05) is 19.6 Å². The molecule has 5 nitrogen and oxygen atoms in total. The Bertz CT molecular complexity index is 391. The van der Waals surface area contributed by atoms with E-state index in [1.54, 1.807) is 0 Å². The lowest BCUT2D eigenvalue weighted by molar-refractivity contribution is 0.0939. The summed E-state index contributed by atoms with van der Waals surface area (Å²) < 4.78 is 0.294. The van der Waals surface area contributed by atoms with Gasteiger partial charge in [-0.05, 0) is 44.5 Å². The zero-order chi connectivity index (χ0) is 12.3. The number of hydrogen-bond donors (Lipinski definition) is 1. The lowest BCUT2D eigenvalue weighted by atomic mass is 10.3. The van der Waals surface area contributed by atoms with Crippen molar-refractivity contribution < 1.29 is 4.79 Å². The molecule has 0 spiro atoms. The second-order valence-electron chi connectivity index (χ2n) is 4.16. The number of hydrogen-bond acceptors (Lipinski definition) is 5. The van der Waals surface area contributed by atoms with Crippen molar-refractivity contribution >= 4 is 28.8 Å². The minimum Gasteiger partial charge on any atom is -0.348 e. The number of carbonyl (C=O) groups excluding carboxylic acids is 1. The number of carbonyl (C=O) groups is 1. The van der Waals surface area contributed by atoms with Gasteiger partial charge in [0.1, 0.15) is 0 Å². The molecule has 1 saturated heterocycles. The second kappa shape index (κ2) is 5.75. The molecule has 0 bridgehead atoms. The minimum absolute atomic E-state index is 0.194. The summed E-state index contributed by atoms with van der Waals surface area (Å²) in [5.74, 6) is -0.194. The summed E-state index contributed by atoms with van der Waals surface area (Å²) in [7, 11) is 0. The van der Waals surface area contributed by atoms with E-state index >= 15 is 0 Å². The van der Waals surface area contributed by atoms with Gasteiger partial charge >= 0.3 is 0 Å². The molecule has 1 unspecified atom stereocenters. The monoisotopic (exact) mass is 274 g/mol. The Labute approximate surface area is 109 Å². The van der Waals surface area contributed by atoms with Crippen molar-refractivity contribution in [3.63, 3.8) is 0 Å². The summed E-state index contributed by atoms with van der Waals surface area (Å²) in [5, 5.41) is 10.5. The molecule has 1 atom stereocenters. The highest BCUT2D eigenvalue weighted by molar-refractivity contribution is 7.17. The molecular weight excluding hydrogens is 260 g/mol. The fourth-order valence-corrected chi connectivity index (χ4v) is 2.67. The Morgan fingerprint density at radius 2 is 2.24 bits per heavy atom. The number of likely N-dealkylation sites (tertiary alicyclic amines) is 1.